The Kier molecular flexibility index (Phi) is 4.86. The van der Waals surface area contributed by atoms with Gasteiger partial charge in [0.15, 0.2) is 15.7 Å². The van der Waals surface area contributed by atoms with Crippen LogP contribution in [0.15, 0.2) is 47.5 Å². The number of hydrogen-bond acceptors (Lipinski definition) is 3. The van der Waals surface area contributed by atoms with Gasteiger partial charge in [0.2, 0.25) is 0 Å². The fourth-order valence-corrected chi connectivity index (χ4v) is 4.30. The molecule has 6 heteroatoms. The Hall–Kier alpha value is -2.60. The molecule has 0 aliphatic heterocycles. The summed E-state index contributed by atoms with van der Waals surface area (Å²) in [6.07, 6.45) is 2.31. The van der Waals surface area contributed by atoms with Crippen molar-refractivity contribution in [2.45, 2.75) is 25.7 Å². The monoisotopic (exact) mass is 387 g/mol. The maximum atomic E-state index is 14.8. The highest BCUT2D eigenvalue weighted by atomic mass is 32.2. The number of hydrogen-bond donors (Lipinski definition) is 0. The molecule has 0 unspecified atom stereocenters. The van der Waals surface area contributed by atoms with Crippen molar-refractivity contribution in [2.75, 3.05) is 6.26 Å². The smallest absolute Gasteiger partial charge is 0.181 e. The van der Waals surface area contributed by atoms with Crippen LogP contribution in [0.2, 0.25) is 0 Å². The molecule has 27 heavy (non-hydrogen) atoms. The molecule has 0 aliphatic carbocycles. The minimum absolute atomic E-state index is 0.0545. The van der Waals surface area contributed by atoms with Crippen LogP contribution in [0, 0.1) is 32.4 Å². The van der Waals surface area contributed by atoms with Gasteiger partial charge < -0.3 is 0 Å². The molecule has 3 aromatic rings. The Morgan fingerprint density at radius 2 is 1.56 bits per heavy atom. The second-order valence-corrected chi connectivity index (χ2v) is 8.67. The van der Waals surface area contributed by atoms with Gasteiger partial charge in [-0.1, -0.05) is 17.7 Å². The predicted molar refractivity (Wildman–Crippen MR) is 102 cm³/mol. The van der Waals surface area contributed by atoms with Crippen molar-refractivity contribution in [1.29, 1.82) is 0 Å². The van der Waals surface area contributed by atoms with Crippen molar-refractivity contribution in [3.63, 3.8) is 0 Å². The number of pyridine rings is 1. The van der Waals surface area contributed by atoms with Crippen molar-refractivity contribution in [1.82, 2.24) is 4.98 Å². The molecule has 0 spiro atoms. The van der Waals surface area contributed by atoms with Gasteiger partial charge in [0.05, 0.1) is 5.69 Å². The van der Waals surface area contributed by atoms with Crippen molar-refractivity contribution >= 4 is 9.84 Å². The Bertz CT molecular complexity index is 1130. The summed E-state index contributed by atoms with van der Waals surface area (Å²) in [6.45, 7) is 6.01. The van der Waals surface area contributed by atoms with E-state index in [-0.39, 0.29) is 11.3 Å². The second-order valence-electron chi connectivity index (χ2n) is 6.71. The van der Waals surface area contributed by atoms with Crippen LogP contribution in [-0.4, -0.2) is 19.7 Å². The standard InChI is InChI=1S/C21H19F2NO2S/c1-12-9-13(2)19(14(3)10-12)15-7-8-24-18(11-15)16-5-6-17(22)21(20(16)23)27(4,25)26/h5-11H,1-4H3. The summed E-state index contributed by atoms with van der Waals surface area (Å²) in [5, 5.41) is 0. The second kappa shape index (κ2) is 6.85. The van der Waals surface area contributed by atoms with Crippen molar-refractivity contribution in [3.05, 3.63) is 70.9 Å². The van der Waals surface area contributed by atoms with Crippen LogP contribution in [0.5, 0.6) is 0 Å². The molecule has 0 atom stereocenters. The third kappa shape index (κ3) is 3.62. The van der Waals surface area contributed by atoms with Crippen LogP contribution in [0.3, 0.4) is 0 Å². The summed E-state index contributed by atoms with van der Waals surface area (Å²) < 4.78 is 52.2. The Labute approximate surface area is 157 Å². The number of aromatic nitrogens is 1. The van der Waals surface area contributed by atoms with Gasteiger partial charge in [0.25, 0.3) is 0 Å². The number of rotatable bonds is 3. The lowest BCUT2D eigenvalue weighted by Crippen LogP contribution is -2.06. The summed E-state index contributed by atoms with van der Waals surface area (Å²) in [7, 11) is -4.05. The van der Waals surface area contributed by atoms with Gasteiger partial charge in [-0.3, -0.25) is 4.98 Å². The van der Waals surface area contributed by atoms with Crippen molar-refractivity contribution in [3.8, 4) is 22.4 Å². The molecular weight excluding hydrogens is 368 g/mol. The average Bonchev–Trinajstić information content (AvgIpc) is 2.53. The summed E-state index contributed by atoms with van der Waals surface area (Å²) in [5.74, 6) is -2.24. The van der Waals surface area contributed by atoms with E-state index in [4.69, 9.17) is 0 Å². The van der Waals surface area contributed by atoms with Gasteiger partial charge in [-0.2, -0.15) is 0 Å². The lowest BCUT2D eigenvalue weighted by Gasteiger charge is -2.13. The summed E-state index contributed by atoms with van der Waals surface area (Å²) >= 11 is 0. The van der Waals surface area contributed by atoms with Gasteiger partial charge in [0.1, 0.15) is 10.7 Å². The molecule has 0 bridgehead atoms. The van der Waals surface area contributed by atoms with Gasteiger partial charge in [-0.05, 0) is 67.3 Å². The maximum absolute atomic E-state index is 14.8. The van der Waals surface area contributed by atoms with Crippen LogP contribution < -0.4 is 0 Å². The first-order valence-corrected chi connectivity index (χ1v) is 10.2. The Balaban J connectivity index is 2.22. The van der Waals surface area contributed by atoms with E-state index in [1.54, 1.807) is 6.07 Å². The number of aryl methyl sites for hydroxylation is 3. The molecule has 140 valence electrons. The number of halogens is 2. The molecular formula is C21H19F2NO2S. The highest BCUT2D eigenvalue weighted by Crippen LogP contribution is 2.33. The molecule has 1 aromatic heterocycles. The van der Waals surface area contributed by atoms with E-state index < -0.39 is 26.4 Å². The highest BCUT2D eigenvalue weighted by Gasteiger charge is 2.23. The summed E-state index contributed by atoms with van der Waals surface area (Å²) in [5.41, 5.74) is 5.32. The maximum Gasteiger partial charge on any atom is 0.181 e. The van der Waals surface area contributed by atoms with Gasteiger partial charge in [-0.15, -0.1) is 0 Å². The molecule has 0 amide bonds. The van der Waals surface area contributed by atoms with E-state index in [1.807, 2.05) is 26.8 Å². The number of sulfone groups is 1. The molecule has 0 saturated heterocycles. The number of nitrogens with zero attached hydrogens (tertiary/aromatic N) is 1. The first-order valence-electron chi connectivity index (χ1n) is 8.32. The van der Waals surface area contributed by atoms with Gasteiger partial charge >= 0.3 is 0 Å². The van der Waals surface area contributed by atoms with Crippen molar-refractivity contribution < 1.29 is 17.2 Å². The van der Waals surface area contributed by atoms with E-state index >= 15 is 0 Å². The molecule has 0 saturated carbocycles. The first-order chi connectivity index (χ1) is 12.6. The molecule has 0 radical (unpaired) electrons. The largest absolute Gasteiger partial charge is 0.256 e. The summed E-state index contributed by atoms with van der Waals surface area (Å²) in [4.78, 5) is 3.23. The van der Waals surface area contributed by atoms with Crippen molar-refractivity contribution in [2.24, 2.45) is 0 Å². The highest BCUT2D eigenvalue weighted by molar-refractivity contribution is 7.90. The van der Waals surface area contributed by atoms with E-state index in [1.165, 1.54) is 12.3 Å². The Morgan fingerprint density at radius 1 is 0.926 bits per heavy atom. The molecule has 0 N–H and O–H groups in total. The minimum Gasteiger partial charge on any atom is -0.256 e. The molecule has 0 fully saturated rings. The fourth-order valence-electron chi connectivity index (χ4n) is 3.44. The van der Waals surface area contributed by atoms with E-state index in [0.717, 1.165) is 40.1 Å². The Morgan fingerprint density at radius 3 is 2.15 bits per heavy atom. The molecule has 3 rings (SSSR count). The zero-order valence-electron chi connectivity index (χ0n) is 15.5. The first kappa shape index (κ1) is 19.2. The lowest BCUT2D eigenvalue weighted by atomic mass is 9.93. The summed E-state index contributed by atoms with van der Waals surface area (Å²) in [6, 6.07) is 9.78. The van der Waals surface area contributed by atoms with E-state index in [9.17, 15) is 17.2 Å². The zero-order chi connectivity index (χ0) is 19.9. The SMILES string of the molecule is Cc1cc(C)c(-c2ccnc(-c3ccc(F)c(S(C)(=O)=O)c3F)c2)c(C)c1. The fraction of sp³-hybridized carbons (Fsp3) is 0.190. The number of benzene rings is 2. The van der Waals surface area contributed by atoms with Crippen LogP contribution in [0.25, 0.3) is 22.4 Å². The van der Waals surface area contributed by atoms with Crippen LogP contribution in [0.4, 0.5) is 8.78 Å². The molecule has 1 heterocycles. The van der Waals surface area contributed by atoms with Crippen LogP contribution in [0.1, 0.15) is 16.7 Å². The van der Waals surface area contributed by atoms with Crippen LogP contribution >= 0.6 is 0 Å². The predicted octanol–water partition coefficient (Wildman–Crippen LogP) is 5.02. The third-order valence-electron chi connectivity index (χ3n) is 4.42. The van der Waals surface area contributed by atoms with E-state index in [2.05, 4.69) is 17.1 Å². The zero-order valence-corrected chi connectivity index (χ0v) is 16.3. The molecule has 2 aromatic carbocycles. The average molecular weight is 387 g/mol. The van der Waals surface area contributed by atoms with Crippen LogP contribution in [-0.2, 0) is 9.84 Å². The topological polar surface area (TPSA) is 47.0 Å². The lowest BCUT2D eigenvalue weighted by molar-refractivity contribution is 0.523. The van der Waals surface area contributed by atoms with E-state index in [0.29, 0.717) is 0 Å². The molecule has 3 nitrogen and oxygen atoms in total. The quantitative estimate of drug-likeness (QED) is 0.634. The third-order valence-corrected chi connectivity index (χ3v) is 5.54. The van der Waals surface area contributed by atoms with Gasteiger partial charge in [0, 0.05) is 18.0 Å². The minimum atomic E-state index is -4.05. The van der Waals surface area contributed by atoms with Gasteiger partial charge in [-0.25, -0.2) is 17.2 Å². The normalized spacial score (nSPS) is 11.6. The molecule has 0 aliphatic rings.